The largest absolute Gasteiger partial charge is 0.493 e. The molecule has 1 aliphatic heterocycles. The van der Waals surface area contributed by atoms with Crippen LogP contribution >= 0.6 is 23.4 Å². The standard InChI is InChI=1S/C24H25ClF3N3O3S/c1-4-31(5-2)11-10-29-22-21(35-23(32)30-22)13-15-6-8-19(20(12-15)33-3)34-18-9-7-16(14-17(18)25)24(26,27)28/h6-9,12-14H,4-5,10-11H2,1-3H3,(H,29,30,32)/b21-13-. The molecule has 1 aliphatic rings. The molecule has 1 heterocycles. The maximum absolute atomic E-state index is 12.9. The van der Waals surface area contributed by atoms with E-state index < -0.39 is 11.7 Å². The lowest BCUT2D eigenvalue weighted by Crippen LogP contribution is -2.27. The number of hydrogen-bond donors (Lipinski definition) is 1. The Bertz CT molecular complexity index is 1130. The number of benzene rings is 2. The molecule has 2 aromatic carbocycles. The van der Waals surface area contributed by atoms with Crippen molar-refractivity contribution in [1.82, 2.24) is 10.2 Å². The highest BCUT2D eigenvalue weighted by atomic mass is 35.5. The number of nitrogens with zero attached hydrogens (tertiary/aromatic N) is 2. The fraction of sp³-hybridized carbons (Fsp3) is 0.333. The molecule has 6 nitrogen and oxygen atoms in total. The lowest BCUT2D eigenvalue weighted by Gasteiger charge is -2.16. The molecule has 0 aliphatic carbocycles. The third-order valence-corrected chi connectivity index (χ3v) is 6.32. The van der Waals surface area contributed by atoms with Crippen LogP contribution in [0.5, 0.6) is 17.2 Å². The Labute approximate surface area is 211 Å². The molecule has 0 atom stereocenters. The first-order valence-corrected chi connectivity index (χ1v) is 12.0. The molecular weight excluding hydrogens is 503 g/mol. The fourth-order valence-electron chi connectivity index (χ4n) is 3.28. The predicted molar refractivity (Wildman–Crippen MR) is 134 cm³/mol. The van der Waals surface area contributed by atoms with Gasteiger partial charge in [0.2, 0.25) is 0 Å². The number of amidine groups is 1. The minimum atomic E-state index is -4.50. The van der Waals surface area contributed by atoms with Crippen molar-refractivity contribution >= 4 is 40.5 Å². The predicted octanol–water partition coefficient (Wildman–Crippen LogP) is 6.70. The number of halogens is 4. The maximum Gasteiger partial charge on any atom is 0.416 e. The average Bonchev–Trinajstić information content (AvgIpc) is 3.16. The van der Waals surface area contributed by atoms with Crippen molar-refractivity contribution in [3.05, 3.63) is 57.5 Å². The first kappa shape index (κ1) is 26.9. The van der Waals surface area contributed by atoms with Gasteiger partial charge in [0, 0.05) is 6.54 Å². The van der Waals surface area contributed by atoms with Gasteiger partial charge in [0.05, 0.1) is 29.1 Å². The lowest BCUT2D eigenvalue weighted by molar-refractivity contribution is -0.137. The summed E-state index contributed by atoms with van der Waals surface area (Å²) in [6, 6.07) is 7.91. The number of aliphatic imine (C=N–C) groups is 1. The zero-order valence-electron chi connectivity index (χ0n) is 19.4. The van der Waals surface area contributed by atoms with E-state index in [1.165, 1.54) is 7.11 Å². The van der Waals surface area contributed by atoms with Crippen LogP contribution in [-0.4, -0.2) is 49.3 Å². The van der Waals surface area contributed by atoms with Crippen molar-refractivity contribution in [3.63, 3.8) is 0 Å². The number of rotatable bonds is 9. The number of thioether (sulfide) groups is 1. The Morgan fingerprint density at radius 1 is 1.11 bits per heavy atom. The highest BCUT2D eigenvalue weighted by Crippen LogP contribution is 2.39. The first-order valence-electron chi connectivity index (χ1n) is 10.8. The van der Waals surface area contributed by atoms with E-state index in [2.05, 4.69) is 29.1 Å². The molecule has 1 fully saturated rings. The van der Waals surface area contributed by atoms with Gasteiger partial charge in [0.25, 0.3) is 5.24 Å². The number of alkyl halides is 3. The molecule has 1 N–H and O–H groups in total. The monoisotopic (exact) mass is 527 g/mol. The summed E-state index contributed by atoms with van der Waals surface area (Å²) in [7, 11) is 1.45. The molecule has 0 aromatic heterocycles. The van der Waals surface area contributed by atoms with E-state index in [1.807, 2.05) is 0 Å². The minimum Gasteiger partial charge on any atom is -0.493 e. The summed E-state index contributed by atoms with van der Waals surface area (Å²) in [6.07, 6.45) is -2.70. The Hall–Kier alpha value is -2.69. The van der Waals surface area contributed by atoms with Crippen molar-refractivity contribution in [2.24, 2.45) is 4.99 Å². The topological polar surface area (TPSA) is 63.2 Å². The smallest absolute Gasteiger partial charge is 0.416 e. The quantitative estimate of drug-likeness (QED) is 0.393. The Balaban J connectivity index is 1.80. The van der Waals surface area contributed by atoms with Gasteiger partial charge in [0.15, 0.2) is 11.5 Å². The first-order chi connectivity index (χ1) is 16.6. The molecule has 0 radical (unpaired) electrons. The molecule has 0 bridgehead atoms. The second-order valence-electron chi connectivity index (χ2n) is 7.44. The van der Waals surface area contributed by atoms with Gasteiger partial charge in [-0.3, -0.25) is 9.79 Å². The van der Waals surface area contributed by atoms with Crippen molar-refractivity contribution in [2.45, 2.75) is 20.0 Å². The molecule has 2 aromatic rings. The molecule has 3 rings (SSSR count). The highest BCUT2D eigenvalue weighted by molar-refractivity contribution is 8.18. The van der Waals surface area contributed by atoms with Gasteiger partial charge in [-0.05, 0) is 66.8 Å². The van der Waals surface area contributed by atoms with Gasteiger partial charge in [-0.1, -0.05) is 31.5 Å². The van der Waals surface area contributed by atoms with Crippen molar-refractivity contribution in [1.29, 1.82) is 0 Å². The van der Waals surface area contributed by atoms with E-state index in [0.717, 1.165) is 55.2 Å². The van der Waals surface area contributed by atoms with E-state index in [4.69, 9.17) is 21.1 Å². The third kappa shape index (κ3) is 7.16. The van der Waals surface area contributed by atoms with Crippen LogP contribution < -0.4 is 14.8 Å². The van der Waals surface area contributed by atoms with Crippen molar-refractivity contribution in [3.8, 4) is 17.2 Å². The van der Waals surface area contributed by atoms with Crippen LogP contribution in [0.2, 0.25) is 5.02 Å². The third-order valence-electron chi connectivity index (χ3n) is 5.20. The second-order valence-corrected chi connectivity index (χ2v) is 8.86. The van der Waals surface area contributed by atoms with E-state index in [1.54, 1.807) is 24.3 Å². The van der Waals surface area contributed by atoms with E-state index in [9.17, 15) is 18.0 Å². The molecular formula is C24H25ClF3N3O3S. The Kier molecular flexibility index (Phi) is 9.09. The van der Waals surface area contributed by atoms with Gasteiger partial charge in [-0.15, -0.1) is 0 Å². The molecule has 0 spiro atoms. The molecule has 11 heteroatoms. The SMILES string of the molecule is CCN(CC)CCN=C1NC(=O)S/C1=C\c1ccc(Oc2ccc(C(F)(F)F)cc2Cl)c(OC)c1. The van der Waals surface area contributed by atoms with Crippen LogP contribution in [0.25, 0.3) is 6.08 Å². The van der Waals surface area contributed by atoms with E-state index in [0.29, 0.717) is 23.0 Å². The minimum absolute atomic E-state index is 0.0628. The second kappa shape index (κ2) is 11.8. The van der Waals surface area contributed by atoms with Gasteiger partial charge in [-0.25, -0.2) is 0 Å². The zero-order valence-corrected chi connectivity index (χ0v) is 21.0. The number of hydrogen-bond acceptors (Lipinski definition) is 6. The summed E-state index contributed by atoms with van der Waals surface area (Å²) < 4.78 is 49.8. The molecule has 0 saturated carbocycles. The number of carbonyl (C=O) groups excluding carboxylic acids is 1. The van der Waals surface area contributed by atoms with Gasteiger partial charge in [-0.2, -0.15) is 13.2 Å². The summed E-state index contributed by atoms with van der Waals surface area (Å²) in [5.74, 6) is 1.20. The van der Waals surface area contributed by atoms with Crippen LogP contribution in [0.3, 0.4) is 0 Å². The van der Waals surface area contributed by atoms with E-state index in [-0.39, 0.29) is 21.8 Å². The Morgan fingerprint density at radius 3 is 2.46 bits per heavy atom. The average molecular weight is 528 g/mol. The van der Waals surface area contributed by atoms with Crippen LogP contribution in [0.1, 0.15) is 25.0 Å². The number of amides is 1. The lowest BCUT2D eigenvalue weighted by atomic mass is 10.1. The highest BCUT2D eigenvalue weighted by Gasteiger charge is 2.31. The number of carbonyl (C=O) groups is 1. The summed E-state index contributed by atoms with van der Waals surface area (Å²) in [5, 5.41) is 2.38. The summed E-state index contributed by atoms with van der Waals surface area (Å²) >= 11 is 7.05. The Morgan fingerprint density at radius 2 is 1.83 bits per heavy atom. The molecule has 188 valence electrons. The maximum atomic E-state index is 12.9. The molecule has 35 heavy (non-hydrogen) atoms. The van der Waals surface area contributed by atoms with Gasteiger partial charge >= 0.3 is 6.18 Å². The molecule has 1 saturated heterocycles. The number of likely N-dealkylation sites (N-methyl/N-ethyl adjacent to an activating group) is 1. The number of methoxy groups -OCH3 is 1. The van der Waals surface area contributed by atoms with Crippen LogP contribution in [0.15, 0.2) is 46.3 Å². The molecule has 1 amide bonds. The van der Waals surface area contributed by atoms with Crippen LogP contribution in [-0.2, 0) is 6.18 Å². The van der Waals surface area contributed by atoms with Crippen molar-refractivity contribution < 1.29 is 27.4 Å². The van der Waals surface area contributed by atoms with Crippen LogP contribution in [0.4, 0.5) is 18.0 Å². The zero-order chi connectivity index (χ0) is 25.6. The van der Waals surface area contributed by atoms with Crippen molar-refractivity contribution in [2.75, 3.05) is 33.3 Å². The molecule has 0 unspecified atom stereocenters. The number of ether oxygens (including phenoxy) is 2. The number of nitrogens with one attached hydrogen (secondary N) is 1. The summed E-state index contributed by atoms with van der Waals surface area (Å²) in [4.78, 5) is 19.4. The summed E-state index contributed by atoms with van der Waals surface area (Å²) in [6.45, 7) is 7.37. The normalized spacial score (nSPS) is 16.3. The van der Waals surface area contributed by atoms with E-state index >= 15 is 0 Å². The van der Waals surface area contributed by atoms with Crippen LogP contribution in [0, 0.1) is 0 Å². The fourth-order valence-corrected chi connectivity index (χ4v) is 4.25. The van der Waals surface area contributed by atoms with Gasteiger partial charge < -0.3 is 19.7 Å². The summed E-state index contributed by atoms with van der Waals surface area (Å²) in [5.41, 5.74) is -0.140. The van der Waals surface area contributed by atoms with Gasteiger partial charge in [0.1, 0.15) is 11.6 Å².